The maximum absolute atomic E-state index is 12.3. The van der Waals surface area contributed by atoms with E-state index in [1.54, 1.807) is 0 Å². The predicted molar refractivity (Wildman–Crippen MR) is 103 cm³/mol. The number of rotatable bonds is 4. The fourth-order valence-corrected chi connectivity index (χ4v) is 3.34. The van der Waals surface area contributed by atoms with Gasteiger partial charge in [-0.2, -0.15) is 0 Å². The van der Waals surface area contributed by atoms with Gasteiger partial charge in [-0.1, -0.05) is 12.1 Å². The van der Waals surface area contributed by atoms with Crippen LogP contribution in [0.2, 0.25) is 0 Å². The van der Waals surface area contributed by atoms with Crippen LogP contribution in [0.1, 0.15) is 18.4 Å². The van der Waals surface area contributed by atoms with Crippen LogP contribution >= 0.6 is 24.8 Å². The molecule has 2 saturated heterocycles. The summed E-state index contributed by atoms with van der Waals surface area (Å²) < 4.78 is 0. The molecular formula is C17H28Cl2N4O. The largest absolute Gasteiger partial charge is 0.399 e. The molecule has 0 unspecified atom stereocenters. The normalized spacial score (nSPS) is 18.8. The third-order valence-corrected chi connectivity index (χ3v) is 4.64. The predicted octanol–water partition coefficient (Wildman–Crippen LogP) is 1.85. The zero-order valence-electron chi connectivity index (χ0n) is 14.0. The van der Waals surface area contributed by atoms with Crippen molar-refractivity contribution in [2.45, 2.75) is 19.4 Å². The molecule has 1 amide bonds. The van der Waals surface area contributed by atoms with Gasteiger partial charge in [0, 0.05) is 38.4 Å². The van der Waals surface area contributed by atoms with Gasteiger partial charge < -0.3 is 10.6 Å². The lowest BCUT2D eigenvalue weighted by Gasteiger charge is -2.35. The van der Waals surface area contributed by atoms with E-state index < -0.39 is 0 Å². The SMILES string of the molecule is Cl.Cl.Nc1cccc(CN2CCN(C(=O)CN3CCCC3)CC2)c1. The maximum atomic E-state index is 12.3. The number of halogens is 2. The lowest BCUT2D eigenvalue weighted by atomic mass is 10.2. The van der Waals surface area contributed by atoms with Crippen molar-refractivity contribution in [2.75, 3.05) is 51.5 Å². The molecule has 0 radical (unpaired) electrons. The third kappa shape index (κ3) is 5.81. The van der Waals surface area contributed by atoms with Gasteiger partial charge in [-0.15, -0.1) is 24.8 Å². The van der Waals surface area contributed by atoms with E-state index in [2.05, 4.69) is 15.9 Å². The highest BCUT2D eigenvalue weighted by molar-refractivity contribution is 5.85. The summed E-state index contributed by atoms with van der Waals surface area (Å²) in [5.74, 6) is 0.297. The fourth-order valence-electron chi connectivity index (χ4n) is 3.34. The number of anilines is 1. The molecule has 1 aromatic rings. The first-order chi connectivity index (χ1) is 10.7. The van der Waals surface area contributed by atoms with E-state index in [-0.39, 0.29) is 24.8 Å². The Morgan fingerprint density at radius 3 is 2.25 bits per heavy atom. The first kappa shape index (κ1) is 21.0. The summed E-state index contributed by atoms with van der Waals surface area (Å²) in [6, 6.07) is 8.06. The molecule has 5 nitrogen and oxygen atoms in total. The Bertz CT molecular complexity index is 515. The maximum Gasteiger partial charge on any atom is 0.236 e. The first-order valence-corrected chi connectivity index (χ1v) is 8.27. The summed E-state index contributed by atoms with van der Waals surface area (Å²) in [7, 11) is 0. The van der Waals surface area contributed by atoms with Gasteiger partial charge in [-0.25, -0.2) is 0 Å². The van der Waals surface area contributed by atoms with Crippen LogP contribution in [0.25, 0.3) is 0 Å². The molecule has 0 atom stereocenters. The van der Waals surface area contributed by atoms with Crippen LogP contribution in [-0.2, 0) is 11.3 Å². The number of nitrogens with two attached hydrogens (primary N) is 1. The molecule has 0 bridgehead atoms. The molecule has 1 aromatic carbocycles. The molecule has 0 saturated carbocycles. The number of amides is 1. The van der Waals surface area contributed by atoms with Gasteiger partial charge in [-0.3, -0.25) is 14.6 Å². The number of carbonyl (C=O) groups is 1. The molecule has 0 aromatic heterocycles. The smallest absolute Gasteiger partial charge is 0.236 e. The Kier molecular flexibility index (Phi) is 8.84. The first-order valence-electron chi connectivity index (χ1n) is 8.27. The van der Waals surface area contributed by atoms with Crippen molar-refractivity contribution >= 4 is 36.4 Å². The Morgan fingerprint density at radius 1 is 0.958 bits per heavy atom. The molecule has 136 valence electrons. The van der Waals surface area contributed by atoms with Crippen LogP contribution in [0.15, 0.2) is 24.3 Å². The highest BCUT2D eigenvalue weighted by Gasteiger charge is 2.23. The lowest BCUT2D eigenvalue weighted by Crippen LogP contribution is -2.50. The minimum absolute atomic E-state index is 0. The molecule has 2 aliphatic heterocycles. The second kappa shape index (κ2) is 10.1. The second-order valence-electron chi connectivity index (χ2n) is 6.39. The minimum atomic E-state index is 0. The highest BCUT2D eigenvalue weighted by Crippen LogP contribution is 2.13. The molecule has 3 rings (SSSR count). The van der Waals surface area contributed by atoms with Crippen molar-refractivity contribution in [3.8, 4) is 0 Å². The van der Waals surface area contributed by atoms with Crippen molar-refractivity contribution in [3.63, 3.8) is 0 Å². The standard InChI is InChI=1S/C17H26N4O.2ClH/c18-16-5-3-4-15(12-16)13-20-8-10-21(11-9-20)17(22)14-19-6-1-2-7-19;;/h3-5,12H,1-2,6-11,13-14,18H2;2*1H. The molecule has 2 fully saturated rings. The zero-order chi connectivity index (χ0) is 15.4. The zero-order valence-corrected chi connectivity index (χ0v) is 15.7. The summed E-state index contributed by atoms with van der Waals surface area (Å²) >= 11 is 0. The number of piperazine rings is 1. The number of nitrogens with zero attached hydrogens (tertiary/aromatic N) is 3. The second-order valence-corrected chi connectivity index (χ2v) is 6.39. The summed E-state index contributed by atoms with van der Waals surface area (Å²) in [5.41, 5.74) is 7.89. The molecule has 0 aliphatic carbocycles. The summed E-state index contributed by atoms with van der Waals surface area (Å²) in [4.78, 5) is 19.0. The molecule has 2 aliphatic rings. The van der Waals surface area contributed by atoms with Crippen molar-refractivity contribution in [1.29, 1.82) is 0 Å². The van der Waals surface area contributed by atoms with E-state index in [1.165, 1.54) is 18.4 Å². The van der Waals surface area contributed by atoms with Gasteiger partial charge in [0.1, 0.15) is 0 Å². The van der Waals surface area contributed by atoms with E-state index >= 15 is 0 Å². The number of likely N-dealkylation sites (tertiary alicyclic amines) is 1. The quantitative estimate of drug-likeness (QED) is 0.817. The van der Waals surface area contributed by atoms with Crippen LogP contribution in [-0.4, -0.2) is 66.4 Å². The van der Waals surface area contributed by atoms with Gasteiger partial charge in [0.2, 0.25) is 5.91 Å². The molecule has 24 heavy (non-hydrogen) atoms. The number of carbonyl (C=O) groups excluding carboxylic acids is 1. The van der Waals surface area contributed by atoms with Gasteiger partial charge in [0.15, 0.2) is 0 Å². The van der Waals surface area contributed by atoms with Crippen LogP contribution in [0.5, 0.6) is 0 Å². The Morgan fingerprint density at radius 2 is 1.62 bits per heavy atom. The van der Waals surface area contributed by atoms with Crippen molar-refractivity contribution in [2.24, 2.45) is 0 Å². The highest BCUT2D eigenvalue weighted by atomic mass is 35.5. The summed E-state index contributed by atoms with van der Waals surface area (Å²) in [6.07, 6.45) is 2.47. The Balaban J connectivity index is 0.00000144. The Hall–Kier alpha value is -1.01. The minimum Gasteiger partial charge on any atom is -0.399 e. The molecule has 2 heterocycles. The van der Waals surface area contributed by atoms with Crippen LogP contribution in [0.3, 0.4) is 0 Å². The van der Waals surface area contributed by atoms with Crippen LogP contribution in [0.4, 0.5) is 5.69 Å². The molecule has 2 N–H and O–H groups in total. The summed E-state index contributed by atoms with van der Waals surface area (Å²) in [6.45, 7) is 7.27. The van der Waals surface area contributed by atoms with Crippen LogP contribution in [0, 0.1) is 0 Å². The van der Waals surface area contributed by atoms with Gasteiger partial charge in [-0.05, 0) is 43.6 Å². The van der Waals surface area contributed by atoms with Gasteiger partial charge >= 0.3 is 0 Å². The number of hydrogen-bond donors (Lipinski definition) is 1. The monoisotopic (exact) mass is 374 g/mol. The van der Waals surface area contributed by atoms with E-state index in [9.17, 15) is 4.79 Å². The van der Waals surface area contributed by atoms with E-state index in [4.69, 9.17) is 5.73 Å². The topological polar surface area (TPSA) is 52.8 Å². The van der Waals surface area contributed by atoms with Crippen molar-refractivity contribution < 1.29 is 4.79 Å². The number of nitrogen functional groups attached to an aromatic ring is 1. The van der Waals surface area contributed by atoms with Gasteiger partial charge in [0.05, 0.1) is 6.54 Å². The molecule has 7 heteroatoms. The summed E-state index contributed by atoms with van der Waals surface area (Å²) in [5, 5.41) is 0. The third-order valence-electron chi connectivity index (χ3n) is 4.64. The van der Waals surface area contributed by atoms with Crippen molar-refractivity contribution in [1.82, 2.24) is 14.7 Å². The lowest BCUT2D eigenvalue weighted by molar-refractivity contribution is -0.134. The van der Waals surface area contributed by atoms with E-state index in [0.29, 0.717) is 12.5 Å². The van der Waals surface area contributed by atoms with Gasteiger partial charge in [0.25, 0.3) is 0 Å². The Labute approximate surface area is 157 Å². The average Bonchev–Trinajstić information content (AvgIpc) is 3.01. The fraction of sp³-hybridized carbons (Fsp3) is 0.588. The number of benzene rings is 1. The number of hydrogen-bond acceptors (Lipinski definition) is 4. The van der Waals surface area contributed by atoms with Crippen molar-refractivity contribution in [3.05, 3.63) is 29.8 Å². The van der Waals surface area contributed by atoms with E-state index in [0.717, 1.165) is 51.5 Å². The van der Waals surface area contributed by atoms with Crippen LogP contribution < -0.4 is 5.73 Å². The average molecular weight is 375 g/mol. The van der Waals surface area contributed by atoms with E-state index in [1.807, 2.05) is 23.1 Å². The molecule has 0 spiro atoms. The molecular weight excluding hydrogens is 347 g/mol.